The topological polar surface area (TPSA) is 45.8 Å². The summed E-state index contributed by atoms with van der Waals surface area (Å²) in [4.78, 5) is 20.3. The van der Waals surface area contributed by atoms with Crippen molar-refractivity contribution in [2.45, 2.75) is 31.2 Å². The second-order valence-electron chi connectivity index (χ2n) is 5.49. The van der Waals surface area contributed by atoms with Gasteiger partial charge in [0.15, 0.2) is 10.9 Å². The van der Waals surface area contributed by atoms with Gasteiger partial charge in [-0.15, -0.1) is 0 Å². The van der Waals surface area contributed by atoms with E-state index in [1.54, 1.807) is 0 Å². The number of imidazole rings is 1. The lowest BCUT2D eigenvalue weighted by atomic mass is 10.1. The Morgan fingerprint density at radius 2 is 1.82 bits per heavy atom. The first-order valence-corrected chi connectivity index (χ1v) is 8.15. The second-order valence-corrected chi connectivity index (χ2v) is 6.82. The largest absolute Gasteiger partial charge is 0.333 e. The molecule has 22 heavy (non-hydrogen) atoms. The van der Waals surface area contributed by atoms with Crippen LogP contribution in [0.3, 0.4) is 0 Å². The zero-order valence-electron chi connectivity index (χ0n) is 12.9. The molecule has 0 spiro atoms. The fourth-order valence-corrected chi connectivity index (χ4v) is 3.26. The van der Waals surface area contributed by atoms with E-state index in [2.05, 4.69) is 35.9 Å². The molecule has 0 saturated heterocycles. The van der Waals surface area contributed by atoms with Crippen molar-refractivity contribution < 1.29 is 4.79 Å². The number of carbonyl (C=O) groups is 1. The van der Waals surface area contributed by atoms with Gasteiger partial charge in [-0.05, 0) is 44.0 Å². The standard InChI is InChI=1S/C18H18N2OS/c1-11-9-15-16(10-12(11)2)20-18(19-15)22-13(3)17(21)14-7-5-4-6-8-14/h4-10,13H,1-3H3,(H,19,20). The number of nitrogens with one attached hydrogen (secondary N) is 1. The van der Waals surface area contributed by atoms with E-state index in [1.165, 1.54) is 22.9 Å². The predicted molar refractivity (Wildman–Crippen MR) is 91.7 cm³/mol. The number of carbonyl (C=O) groups excluding carboxylic acids is 1. The van der Waals surface area contributed by atoms with Gasteiger partial charge in [-0.3, -0.25) is 4.79 Å². The number of nitrogens with zero attached hydrogens (tertiary/aromatic N) is 1. The molecule has 3 aromatic rings. The molecule has 0 radical (unpaired) electrons. The fraction of sp³-hybridized carbons (Fsp3) is 0.222. The molecule has 1 atom stereocenters. The zero-order valence-corrected chi connectivity index (χ0v) is 13.7. The van der Waals surface area contributed by atoms with E-state index in [0.29, 0.717) is 0 Å². The van der Waals surface area contributed by atoms with Gasteiger partial charge in [-0.1, -0.05) is 42.1 Å². The molecule has 3 rings (SSSR count). The van der Waals surface area contributed by atoms with Gasteiger partial charge in [0.25, 0.3) is 0 Å². The van der Waals surface area contributed by atoms with Gasteiger partial charge in [-0.25, -0.2) is 4.98 Å². The molecule has 1 heterocycles. The molecule has 0 fully saturated rings. The maximum Gasteiger partial charge on any atom is 0.175 e. The van der Waals surface area contributed by atoms with Gasteiger partial charge in [0.05, 0.1) is 16.3 Å². The minimum Gasteiger partial charge on any atom is -0.333 e. The number of rotatable bonds is 4. The van der Waals surface area contributed by atoms with Crippen molar-refractivity contribution in [3.8, 4) is 0 Å². The van der Waals surface area contributed by atoms with Crippen LogP contribution in [-0.4, -0.2) is 21.0 Å². The molecule has 112 valence electrons. The Bertz CT molecular complexity index is 785. The highest BCUT2D eigenvalue weighted by molar-refractivity contribution is 8.00. The zero-order chi connectivity index (χ0) is 15.7. The van der Waals surface area contributed by atoms with Crippen molar-refractivity contribution in [1.29, 1.82) is 0 Å². The lowest BCUT2D eigenvalue weighted by Crippen LogP contribution is -2.13. The summed E-state index contributed by atoms with van der Waals surface area (Å²) in [5.41, 5.74) is 5.17. The molecule has 2 aromatic carbocycles. The van der Waals surface area contributed by atoms with Crippen LogP contribution in [0.5, 0.6) is 0 Å². The number of fused-ring (bicyclic) bond motifs is 1. The molecule has 0 amide bonds. The highest BCUT2D eigenvalue weighted by Crippen LogP contribution is 2.26. The summed E-state index contributed by atoms with van der Waals surface area (Å²) in [6, 6.07) is 13.6. The average Bonchev–Trinajstić information content (AvgIpc) is 2.89. The number of aromatic nitrogens is 2. The van der Waals surface area contributed by atoms with Gasteiger partial charge in [0, 0.05) is 5.56 Å². The highest BCUT2D eigenvalue weighted by atomic mass is 32.2. The van der Waals surface area contributed by atoms with E-state index in [-0.39, 0.29) is 11.0 Å². The third-order valence-corrected chi connectivity index (χ3v) is 4.78. The SMILES string of the molecule is Cc1cc2nc(SC(C)C(=O)c3ccccc3)[nH]c2cc1C. The van der Waals surface area contributed by atoms with Gasteiger partial charge >= 0.3 is 0 Å². The Kier molecular flexibility index (Phi) is 4.03. The van der Waals surface area contributed by atoms with Crippen molar-refractivity contribution in [2.75, 3.05) is 0 Å². The first-order valence-electron chi connectivity index (χ1n) is 7.27. The van der Waals surface area contributed by atoms with E-state index in [0.717, 1.165) is 21.8 Å². The van der Waals surface area contributed by atoms with E-state index in [1.807, 2.05) is 37.3 Å². The lowest BCUT2D eigenvalue weighted by molar-refractivity contribution is 0.0994. The molecule has 1 N–H and O–H groups in total. The number of H-pyrrole nitrogens is 1. The Balaban J connectivity index is 1.82. The van der Waals surface area contributed by atoms with Crippen molar-refractivity contribution in [3.63, 3.8) is 0 Å². The second kappa shape index (κ2) is 5.97. The minimum atomic E-state index is -0.176. The van der Waals surface area contributed by atoms with Crippen molar-refractivity contribution >= 4 is 28.6 Å². The van der Waals surface area contributed by atoms with Crippen molar-refractivity contribution in [3.05, 3.63) is 59.2 Å². The van der Waals surface area contributed by atoms with Crippen LogP contribution in [0.1, 0.15) is 28.4 Å². The Morgan fingerprint density at radius 1 is 1.14 bits per heavy atom. The maximum atomic E-state index is 12.4. The molecule has 0 bridgehead atoms. The molecule has 0 saturated carbocycles. The van der Waals surface area contributed by atoms with Crippen LogP contribution in [0.15, 0.2) is 47.6 Å². The molecule has 0 aliphatic rings. The number of Topliss-reactive ketones (excluding diaryl/α,β-unsaturated/α-hetero) is 1. The van der Waals surface area contributed by atoms with Gasteiger partial charge in [0.2, 0.25) is 0 Å². The average molecular weight is 310 g/mol. The van der Waals surface area contributed by atoms with Crippen LogP contribution < -0.4 is 0 Å². The monoisotopic (exact) mass is 310 g/mol. The van der Waals surface area contributed by atoms with E-state index >= 15 is 0 Å². The van der Waals surface area contributed by atoms with Crippen molar-refractivity contribution in [1.82, 2.24) is 9.97 Å². The normalized spacial score (nSPS) is 12.5. The molecular formula is C18H18N2OS. The summed E-state index contributed by atoms with van der Waals surface area (Å²) in [6.45, 7) is 6.09. The van der Waals surface area contributed by atoms with Crippen LogP contribution in [0.4, 0.5) is 0 Å². The highest BCUT2D eigenvalue weighted by Gasteiger charge is 2.18. The number of aryl methyl sites for hydroxylation is 2. The van der Waals surface area contributed by atoms with E-state index in [4.69, 9.17) is 0 Å². The quantitative estimate of drug-likeness (QED) is 0.568. The number of aromatic amines is 1. The van der Waals surface area contributed by atoms with Crippen LogP contribution in [-0.2, 0) is 0 Å². The smallest absolute Gasteiger partial charge is 0.175 e. The van der Waals surface area contributed by atoms with Crippen LogP contribution in [0.25, 0.3) is 11.0 Å². The maximum absolute atomic E-state index is 12.4. The van der Waals surface area contributed by atoms with Crippen LogP contribution in [0.2, 0.25) is 0 Å². The van der Waals surface area contributed by atoms with E-state index in [9.17, 15) is 4.79 Å². The number of thioether (sulfide) groups is 1. The van der Waals surface area contributed by atoms with Crippen molar-refractivity contribution in [2.24, 2.45) is 0 Å². The summed E-state index contributed by atoms with van der Waals surface area (Å²) in [5.74, 6) is 0.124. The lowest BCUT2D eigenvalue weighted by Gasteiger charge is -2.07. The summed E-state index contributed by atoms with van der Waals surface area (Å²) in [5, 5.41) is 0.613. The first kappa shape index (κ1) is 14.9. The summed E-state index contributed by atoms with van der Waals surface area (Å²) >= 11 is 1.47. The fourth-order valence-electron chi connectivity index (χ4n) is 2.36. The number of hydrogen-bond donors (Lipinski definition) is 1. The van der Waals surface area contributed by atoms with Crippen LogP contribution >= 0.6 is 11.8 Å². The summed E-state index contributed by atoms with van der Waals surface area (Å²) in [7, 11) is 0. The Morgan fingerprint density at radius 3 is 2.55 bits per heavy atom. The molecule has 0 aliphatic heterocycles. The molecule has 4 heteroatoms. The van der Waals surface area contributed by atoms with E-state index < -0.39 is 0 Å². The molecule has 0 aliphatic carbocycles. The molecule has 3 nitrogen and oxygen atoms in total. The molecule has 1 aromatic heterocycles. The minimum absolute atomic E-state index is 0.124. The summed E-state index contributed by atoms with van der Waals surface area (Å²) < 4.78 is 0. The summed E-state index contributed by atoms with van der Waals surface area (Å²) in [6.07, 6.45) is 0. The van der Waals surface area contributed by atoms with Crippen LogP contribution in [0, 0.1) is 13.8 Å². The predicted octanol–water partition coefficient (Wildman–Crippen LogP) is 4.54. The van der Waals surface area contributed by atoms with Gasteiger partial charge < -0.3 is 4.98 Å². The number of benzene rings is 2. The molecular weight excluding hydrogens is 292 g/mol. The Labute approximate surface area is 134 Å². The number of hydrogen-bond acceptors (Lipinski definition) is 3. The third-order valence-electron chi connectivity index (χ3n) is 3.79. The Hall–Kier alpha value is -2.07. The third kappa shape index (κ3) is 2.92. The van der Waals surface area contributed by atoms with Gasteiger partial charge in [-0.2, -0.15) is 0 Å². The molecule has 1 unspecified atom stereocenters. The first-order chi connectivity index (χ1) is 10.5. The number of ketones is 1. The van der Waals surface area contributed by atoms with Gasteiger partial charge in [0.1, 0.15) is 0 Å².